The van der Waals surface area contributed by atoms with Crippen molar-refractivity contribution in [2.75, 3.05) is 34.4 Å². The van der Waals surface area contributed by atoms with Crippen LogP contribution in [0.3, 0.4) is 0 Å². The van der Waals surface area contributed by atoms with Gasteiger partial charge in [0.2, 0.25) is 0 Å². The van der Waals surface area contributed by atoms with Crippen molar-refractivity contribution in [1.82, 2.24) is 4.90 Å². The number of hydrogen-bond acceptors (Lipinski definition) is 4. The molecule has 1 unspecified atom stereocenters. The lowest BCUT2D eigenvalue weighted by Gasteiger charge is -2.24. The maximum Gasteiger partial charge on any atom is 0.161 e. The first-order chi connectivity index (χ1) is 10.1. The second kappa shape index (κ2) is 7.66. The van der Waals surface area contributed by atoms with Gasteiger partial charge in [0.1, 0.15) is 0 Å². The molecule has 2 N–H and O–H groups in total. The summed E-state index contributed by atoms with van der Waals surface area (Å²) in [5.74, 6) is 2.34. The Kier molecular flexibility index (Phi) is 5.88. The predicted octanol–water partition coefficient (Wildman–Crippen LogP) is 2.83. The number of likely N-dealkylation sites (N-methyl/N-ethyl adjacent to an activating group) is 1. The van der Waals surface area contributed by atoms with Crippen molar-refractivity contribution in [3.8, 4) is 11.5 Å². The van der Waals surface area contributed by atoms with Crippen LogP contribution in [-0.4, -0.2) is 39.3 Å². The first-order valence-electron chi connectivity index (χ1n) is 7.80. The number of rotatable bonds is 7. The Morgan fingerprint density at radius 2 is 1.86 bits per heavy atom. The van der Waals surface area contributed by atoms with Crippen molar-refractivity contribution < 1.29 is 9.47 Å². The standard InChI is InChI=1S/C17H28N2O2/c1-19(11-13-6-4-5-7-13)12-15(18)14-8-9-16(20-2)17(10-14)21-3/h8-10,13,15H,4-7,11-12,18H2,1-3H3. The van der Waals surface area contributed by atoms with E-state index in [4.69, 9.17) is 15.2 Å². The molecule has 4 heteroatoms. The lowest BCUT2D eigenvalue weighted by molar-refractivity contribution is 0.263. The van der Waals surface area contributed by atoms with E-state index in [1.54, 1.807) is 14.2 Å². The van der Waals surface area contributed by atoms with E-state index >= 15 is 0 Å². The second-order valence-electron chi connectivity index (χ2n) is 6.09. The topological polar surface area (TPSA) is 47.7 Å². The fourth-order valence-corrected chi connectivity index (χ4v) is 3.23. The summed E-state index contributed by atoms with van der Waals surface area (Å²) in [7, 11) is 5.46. The number of benzene rings is 1. The maximum atomic E-state index is 6.35. The van der Waals surface area contributed by atoms with Gasteiger partial charge in [0, 0.05) is 19.1 Å². The molecule has 1 fully saturated rings. The largest absolute Gasteiger partial charge is 0.493 e. The summed E-state index contributed by atoms with van der Waals surface area (Å²) >= 11 is 0. The minimum atomic E-state index is -0.00351. The summed E-state index contributed by atoms with van der Waals surface area (Å²) in [6.45, 7) is 2.02. The van der Waals surface area contributed by atoms with Crippen LogP contribution in [0.25, 0.3) is 0 Å². The molecule has 4 nitrogen and oxygen atoms in total. The lowest BCUT2D eigenvalue weighted by atomic mass is 10.0. The summed E-state index contributed by atoms with van der Waals surface area (Å²) in [6, 6.07) is 5.92. The van der Waals surface area contributed by atoms with Gasteiger partial charge in [-0.3, -0.25) is 0 Å². The molecule has 21 heavy (non-hydrogen) atoms. The highest BCUT2D eigenvalue weighted by molar-refractivity contribution is 5.43. The second-order valence-corrected chi connectivity index (χ2v) is 6.09. The van der Waals surface area contributed by atoms with Crippen molar-refractivity contribution >= 4 is 0 Å². The van der Waals surface area contributed by atoms with E-state index in [1.807, 2.05) is 18.2 Å². The van der Waals surface area contributed by atoms with Gasteiger partial charge in [0.25, 0.3) is 0 Å². The van der Waals surface area contributed by atoms with Crippen LogP contribution in [0.5, 0.6) is 11.5 Å². The van der Waals surface area contributed by atoms with Crippen LogP contribution in [-0.2, 0) is 0 Å². The lowest BCUT2D eigenvalue weighted by Crippen LogP contribution is -2.32. The average Bonchev–Trinajstić information content (AvgIpc) is 2.99. The van der Waals surface area contributed by atoms with Crippen LogP contribution in [0.2, 0.25) is 0 Å². The number of nitrogens with two attached hydrogens (primary N) is 1. The minimum absolute atomic E-state index is 0.00351. The zero-order valence-electron chi connectivity index (χ0n) is 13.5. The third kappa shape index (κ3) is 4.35. The van der Waals surface area contributed by atoms with Crippen LogP contribution in [0, 0.1) is 5.92 Å². The van der Waals surface area contributed by atoms with E-state index < -0.39 is 0 Å². The van der Waals surface area contributed by atoms with Crippen molar-refractivity contribution in [3.63, 3.8) is 0 Å². The smallest absolute Gasteiger partial charge is 0.161 e. The molecule has 1 saturated carbocycles. The molecule has 2 rings (SSSR count). The van der Waals surface area contributed by atoms with Crippen LogP contribution < -0.4 is 15.2 Å². The van der Waals surface area contributed by atoms with Crippen LogP contribution >= 0.6 is 0 Å². The van der Waals surface area contributed by atoms with Gasteiger partial charge in [0.05, 0.1) is 14.2 Å². The molecule has 1 atom stereocenters. The predicted molar refractivity (Wildman–Crippen MR) is 85.9 cm³/mol. The molecular weight excluding hydrogens is 264 g/mol. The Bertz CT molecular complexity index is 444. The highest BCUT2D eigenvalue weighted by Gasteiger charge is 2.18. The number of ether oxygens (including phenoxy) is 2. The molecule has 0 saturated heterocycles. The SMILES string of the molecule is COc1ccc(C(N)CN(C)CC2CCCC2)cc1OC. The van der Waals surface area contributed by atoms with Gasteiger partial charge < -0.3 is 20.1 Å². The van der Waals surface area contributed by atoms with E-state index in [2.05, 4.69) is 11.9 Å². The number of nitrogens with zero attached hydrogens (tertiary/aromatic N) is 1. The Morgan fingerprint density at radius 1 is 1.19 bits per heavy atom. The Morgan fingerprint density at radius 3 is 2.48 bits per heavy atom. The molecule has 1 aromatic rings. The van der Waals surface area contributed by atoms with Gasteiger partial charge in [-0.1, -0.05) is 18.9 Å². The fraction of sp³-hybridized carbons (Fsp3) is 0.647. The molecule has 0 radical (unpaired) electrons. The van der Waals surface area contributed by atoms with Crippen LogP contribution in [0.1, 0.15) is 37.3 Å². The third-order valence-electron chi connectivity index (χ3n) is 4.39. The third-order valence-corrected chi connectivity index (χ3v) is 4.39. The van der Waals surface area contributed by atoms with Gasteiger partial charge >= 0.3 is 0 Å². The summed E-state index contributed by atoms with van der Waals surface area (Å²) < 4.78 is 10.6. The monoisotopic (exact) mass is 292 g/mol. The van der Waals surface area contributed by atoms with Crippen molar-refractivity contribution in [2.45, 2.75) is 31.7 Å². The number of methoxy groups -OCH3 is 2. The van der Waals surface area contributed by atoms with E-state index in [0.29, 0.717) is 0 Å². The van der Waals surface area contributed by atoms with Crippen molar-refractivity contribution in [3.05, 3.63) is 23.8 Å². The summed E-state index contributed by atoms with van der Waals surface area (Å²) in [4.78, 5) is 2.36. The average molecular weight is 292 g/mol. The molecule has 0 bridgehead atoms. The molecular formula is C17H28N2O2. The summed E-state index contributed by atoms with van der Waals surface area (Å²) in [6.07, 6.45) is 5.52. The molecule has 0 heterocycles. The molecule has 0 spiro atoms. The highest BCUT2D eigenvalue weighted by atomic mass is 16.5. The van der Waals surface area contributed by atoms with Crippen LogP contribution in [0.15, 0.2) is 18.2 Å². The molecule has 1 aliphatic carbocycles. The molecule has 0 amide bonds. The van der Waals surface area contributed by atoms with Crippen molar-refractivity contribution in [1.29, 1.82) is 0 Å². The highest BCUT2D eigenvalue weighted by Crippen LogP contribution is 2.30. The van der Waals surface area contributed by atoms with E-state index in [1.165, 1.54) is 25.7 Å². The maximum absolute atomic E-state index is 6.35. The van der Waals surface area contributed by atoms with Crippen molar-refractivity contribution in [2.24, 2.45) is 11.7 Å². The normalized spacial score (nSPS) is 17.2. The molecule has 118 valence electrons. The summed E-state index contributed by atoms with van der Waals surface area (Å²) in [5, 5.41) is 0. The zero-order chi connectivity index (χ0) is 15.2. The van der Waals surface area contributed by atoms with Gasteiger partial charge in [-0.25, -0.2) is 0 Å². The molecule has 0 aromatic heterocycles. The quantitative estimate of drug-likeness (QED) is 0.839. The molecule has 1 aromatic carbocycles. The van der Waals surface area contributed by atoms with Gasteiger partial charge in [0.15, 0.2) is 11.5 Å². The molecule has 0 aliphatic heterocycles. The number of hydrogen-bond donors (Lipinski definition) is 1. The molecule has 1 aliphatic rings. The first kappa shape index (κ1) is 16.1. The first-order valence-corrected chi connectivity index (χ1v) is 7.80. The minimum Gasteiger partial charge on any atom is -0.493 e. The van der Waals surface area contributed by atoms with Crippen LogP contribution in [0.4, 0.5) is 0 Å². The van der Waals surface area contributed by atoms with E-state index in [9.17, 15) is 0 Å². The Balaban J connectivity index is 1.93. The van der Waals surface area contributed by atoms with E-state index in [-0.39, 0.29) is 6.04 Å². The zero-order valence-corrected chi connectivity index (χ0v) is 13.5. The van der Waals surface area contributed by atoms with Gasteiger partial charge in [-0.2, -0.15) is 0 Å². The Hall–Kier alpha value is -1.26. The summed E-state index contributed by atoms with van der Waals surface area (Å²) in [5.41, 5.74) is 7.44. The van der Waals surface area contributed by atoms with Gasteiger partial charge in [-0.15, -0.1) is 0 Å². The Labute approximate surface area is 128 Å². The van der Waals surface area contributed by atoms with E-state index in [0.717, 1.165) is 36.1 Å². The van der Waals surface area contributed by atoms with Gasteiger partial charge in [-0.05, 0) is 43.5 Å². The fourth-order valence-electron chi connectivity index (χ4n) is 3.23.